The Morgan fingerprint density at radius 3 is 2.00 bits per heavy atom. The van der Waals surface area contributed by atoms with Gasteiger partial charge in [0.05, 0.1) is 7.11 Å². The Balaban J connectivity index is 2.99. The van der Waals surface area contributed by atoms with Crippen LogP contribution in [0.4, 0.5) is 13.2 Å². The van der Waals surface area contributed by atoms with Crippen molar-refractivity contribution in [1.82, 2.24) is 0 Å². The number of benzene rings is 1. The molecule has 0 bridgehead atoms. The summed E-state index contributed by atoms with van der Waals surface area (Å²) in [6.07, 6.45) is -2.31. The highest BCUT2D eigenvalue weighted by molar-refractivity contribution is 5.60. The minimum absolute atomic E-state index is 0.152. The lowest BCUT2D eigenvalue weighted by Crippen LogP contribution is -1.83. The molecule has 0 heterocycles. The van der Waals surface area contributed by atoms with Crippen LogP contribution in [-0.2, 0) is 0 Å². The molecule has 0 saturated carbocycles. The summed E-state index contributed by atoms with van der Waals surface area (Å²) < 4.78 is 40.9. The maximum atomic E-state index is 12.6. The van der Waals surface area contributed by atoms with Crippen LogP contribution in [0, 0.1) is 0 Å². The second-order valence-corrected chi connectivity index (χ2v) is 2.30. The molecule has 0 unspecified atom stereocenters. The molecule has 0 radical (unpaired) electrons. The minimum Gasteiger partial charge on any atom is -0.497 e. The summed E-state index contributed by atoms with van der Waals surface area (Å²) in [7, 11) is 1.44. The first kappa shape index (κ1) is 9.64. The van der Waals surface area contributed by atoms with Crippen LogP contribution in [0.1, 0.15) is 5.56 Å². The molecule has 0 aromatic heterocycles. The van der Waals surface area contributed by atoms with Crippen molar-refractivity contribution in [3.63, 3.8) is 0 Å². The fourth-order valence-corrected chi connectivity index (χ4v) is 0.846. The standard InChI is InChI=1S/C9H7F3O/c1-13-7-4-2-6(3-5-7)8(10)9(11)12/h2-5H,1H3. The van der Waals surface area contributed by atoms with E-state index in [0.717, 1.165) is 0 Å². The van der Waals surface area contributed by atoms with Crippen molar-refractivity contribution in [3.05, 3.63) is 35.9 Å². The number of methoxy groups -OCH3 is 1. The SMILES string of the molecule is COc1ccc(C(F)=C(F)F)cc1. The van der Waals surface area contributed by atoms with Gasteiger partial charge in [0, 0.05) is 5.56 Å². The molecular formula is C9H7F3O. The summed E-state index contributed by atoms with van der Waals surface area (Å²) >= 11 is 0. The van der Waals surface area contributed by atoms with Gasteiger partial charge in [0.2, 0.25) is 0 Å². The smallest absolute Gasteiger partial charge is 0.306 e. The highest BCUT2D eigenvalue weighted by Gasteiger charge is 2.07. The van der Waals surface area contributed by atoms with Crippen LogP contribution in [0.15, 0.2) is 30.3 Å². The van der Waals surface area contributed by atoms with Crippen LogP contribution in [0.3, 0.4) is 0 Å². The number of hydrogen-bond acceptors (Lipinski definition) is 1. The van der Waals surface area contributed by atoms with Crippen LogP contribution in [0.2, 0.25) is 0 Å². The first-order valence-electron chi connectivity index (χ1n) is 3.50. The zero-order valence-electron chi connectivity index (χ0n) is 6.85. The molecule has 0 fully saturated rings. The summed E-state index contributed by atoms with van der Waals surface area (Å²) in [6.45, 7) is 0. The monoisotopic (exact) mass is 188 g/mol. The maximum Gasteiger partial charge on any atom is 0.306 e. The largest absolute Gasteiger partial charge is 0.497 e. The fraction of sp³-hybridized carbons (Fsp3) is 0.111. The average molecular weight is 188 g/mol. The molecule has 1 aromatic rings. The van der Waals surface area contributed by atoms with E-state index in [9.17, 15) is 13.2 Å². The summed E-state index contributed by atoms with van der Waals surface area (Å²) in [5.74, 6) is -1.00. The van der Waals surface area contributed by atoms with Gasteiger partial charge in [-0.2, -0.15) is 8.78 Å². The van der Waals surface area contributed by atoms with Crippen LogP contribution >= 0.6 is 0 Å². The van der Waals surface area contributed by atoms with Crippen LogP contribution in [-0.4, -0.2) is 7.11 Å². The lowest BCUT2D eigenvalue weighted by Gasteiger charge is -2.00. The first-order chi connectivity index (χ1) is 6.15. The third kappa shape index (κ3) is 2.24. The Morgan fingerprint density at radius 2 is 1.62 bits per heavy atom. The van der Waals surface area contributed by atoms with E-state index in [4.69, 9.17) is 4.74 Å². The van der Waals surface area contributed by atoms with E-state index >= 15 is 0 Å². The Labute approximate surface area is 73.4 Å². The molecule has 1 nitrogen and oxygen atoms in total. The fourth-order valence-electron chi connectivity index (χ4n) is 0.846. The van der Waals surface area contributed by atoms with Crippen LogP contribution < -0.4 is 4.74 Å². The van der Waals surface area contributed by atoms with E-state index in [-0.39, 0.29) is 5.56 Å². The quantitative estimate of drug-likeness (QED) is 0.692. The lowest BCUT2D eigenvalue weighted by atomic mass is 10.2. The first-order valence-corrected chi connectivity index (χ1v) is 3.50. The molecule has 0 aliphatic rings. The summed E-state index contributed by atoms with van der Waals surface area (Å²) in [5, 5.41) is 0. The van der Waals surface area contributed by atoms with Crippen LogP contribution in [0.25, 0.3) is 5.83 Å². The van der Waals surface area contributed by atoms with Crippen molar-refractivity contribution in [3.8, 4) is 5.75 Å². The summed E-state index contributed by atoms with van der Waals surface area (Å²) in [4.78, 5) is 0. The Bertz CT molecular complexity index is 312. The molecule has 1 aromatic carbocycles. The molecular weight excluding hydrogens is 181 g/mol. The van der Waals surface area contributed by atoms with E-state index in [2.05, 4.69) is 0 Å². The van der Waals surface area contributed by atoms with Gasteiger partial charge in [-0.1, -0.05) is 0 Å². The van der Waals surface area contributed by atoms with Gasteiger partial charge in [-0.15, -0.1) is 0 Å². The van der Waals surface area contributed by atoms with Crippen molar-refractivity contribution >= 4 is 5.83 Å². The lowest BCUT2D eigenvalue weighted by molar-refractivity contribution is 0.409. The van der Waals surface area contributed by atoms with Crippen molar-refractivity contribution < 1.29 is 17.9 Å². The Morgan fingerprint density at radius 1 is 1.08 bits per heavy atom. The molecule has 0 saturated heterocycles. The van der Waals surface area contributed by atoms with Gasteiger partial charge in [0.1, 0.15) is 5.75 Å². The van der Waals surface area contributed by atoms with E-state index in [1.54, 1.807) is 0 Å². The Hall–Kier alpha value is -1.45. The second kappa shape index (κ2) is 3.98. The number of rotatable bonds is 2. The molecule has 0 atom stereocenters. The predicted molar refractivity (Wildman–Crippen MR) is 43.2 cm³/mol. The third-order valence-electron chi connectivity index (χ3n) is 1.51. The molecule has 0 amide bonds. The van der Waals surface area contributed by atoms with Crippen molar-refractivity contribution in [2.45, 2.75) is 0 Å². The van der Waals surface area contributed by atoms with Crippen LogP contribution in [0.5, 0.6) is 5.75 Å². The highest BCUT2D eigenvalue weighted by Crippen LogP contribution is 2.23. The second-order valence-electron chi connectivity index (χ2n) is 2.30. The van der Waals surface area contributed by atoms with Gasteiger partial charge in [0.15, 0.2) is 5.83 Å². The molecule has 1 rings (SSSR count). The molecule has 4 heteroatoms. The van der Waals surface area contributed by atoms with Crippen molar-refractivity contribution in [2.75, 3.05) is 7.11 Å². The van der Waals surface area contributed by atoms with Gasteiger partial charge < -0.3 is 4.74 Å². The summed E-state index contributed by atoms with van der Waals surface area (Å²) in [5.41, 5.74) is -0.152. The van der Waals surface area contributed by atoms with Gasteiger partial charge in [-0.3, -0.25) is 0 Å². The molecule has 70 valence electrons. The van der Waals surface area contributed by atoms with E-state index in [1.165, 1.54) is 31.4 Å². The van der Waals surface area contributed by atoms with Crippen molar-refractivity contribution in [1.29, 1.82) is 0 Å². The maximum absolute atomic E-state index is 12.6. The molecule has 13 heavy (non-hydrogen) atoms. The molecule has 0 aliphatic carbocycles. The van der Waals surface area contributed by atoms with E-state index < -0.39 is 11.9 Å². The Kier molecular flexibility index (Phi) is 2.95. The normalized spacial score (nSPS) is 9.54. The van der Waals surface area contributed by atoms with E-state index in [1.807, 2.05) is 0 Å². The average Bonchev–Trinajstić information content (AvgIpc) is 2.17. The number of ether oxygens (including phenoxy) is 1. The minimum atomic E-state index is -2.31. The van der Waals surface area contributed by atoms with Crippen molar-refractivity contribution in [2.24, 2.45) is 0 Å². The third-order valence-corrected chi connectivity index (χ3v) is 1.51. The zero-order chi connectivity index (χ0) is 9.84. The zero-order valence-corrected chi connectivity index (χ0v) is 6.85. The molecule has 0 N–H and O–H groups in total. The van der Waals surface area contributed by atoms with Gasteiger partial charge in [0.25, 0.3) is 0 Å². The van der Waals surface area contributed by atoms with E-state index in [0.29, 0.717) is 5.75 Å². The topological polar surface area (TPSA) is 9.23 Å². The summed E-state index contributed by atoms with van der Waals surface area (Å²) in [6, 6.07) is 5.29. The van der Waals surface area contributed by atoms with Gasteiger partial charge in [-0.05, 0) is 24.3 Å². The molecule has 0 aliphatic heterocycles. The molecule has 0 spiro atoms. The van der Waals surface area contributed by atoms with Gasteiger partial charge >= 0.3 is 6.08 Å². The predicted octanol–water partition coefficient (Wildman–Crippen LogP) is 3.23. The number of halogens is 3. The van der Waals surface area contributed by atoms with Gasteiger partial charge in [-0.25, -0.2) is 4.39 Å². The highest BCUT2D eigenvalue weighted by atomic mass is 19.3. The number of hydrogen-bond donors (Lipinski definition) is 0.